The first-order chi connectivity index (χ1) is 8.12. The second kappa shape index (κ2) is 5.98. The van der Waals surface area contributed by atoms with Gasteiger partial charge < -0.3 is 19.1 Å². The highest BCUT2D eigenvalue weighted by atomic mass is 16.5. The van der Waals surface area contributed by atoms with Crippen molar-refractivity contribution in [1.82, 2.24) is 0 Å². The number of rotatable bonds is 5. The van der Waals surface area contributed by atoms with Crippen molar-refractivity contribution in [2.45, 2.75) is 0 Å². The molecule has 1 aromatic rings. The maximum absolute atomic E-state index is 11.2. The highest BCUT2D eigenvalue weighted by Crippen LogP contribution is 2.31. The van der Waals surface area contributed by atoms with Crippen molar-refractivity contribution in [2.24, 2.45) is 0 Å². The van der Waals surface area contributed by atoms with Crippen LogP contribution in [0, 0.1) is 0 Å². The predicted octanol–water partition coefficient (Wildman–Crippen LogP) is 1.31. The van der Waals surface area contributed by atoms with E-state index in [-0.39, 0.29) is 12.5 Å². The summed E-state index contributed by atoms with van der Waals surface area (Å²) >= 11 is 0. The summed E-state index contributed by atoms with van der Waals surface area (Å²) in [6.07, 6.45) is 0. The van der Waals surface area contributed by atoms with Crippen LogP contribution in [-0.2, 0) is 9.53 Å². The Morgan fingerprint density at radius 3 is 2.47 bits per heavy atom. The van der Waals surface area contributed by atoms with Gasteiger partial charge in [-0.1, -0.05) is 0 Å². The number of benzene rings is 1. The minimum atomic E-state index is -0.308. The highest BCUT2D eigenvalue weighted by molar-refractivity contribution is 5.77. The zero-order valence-corrected chi connectivity index (χ0v) is 10.5. The fourth-order valence-electron chi connectivity index (χ4n) is 1.44. The third-order valence-corrected chi connectivity index (χ3v) is 2.39. The fourth-order valence-corrected chi connectivity index (χ4v) is 1.44. The van der Waals surface area contributed by atoms with Crippen LogP contribution in [0.15, 0.2) is 18.2 Å². The van der Waals surface area contributed by atoms with Gasteiger partial charge in [0.15, 0.2) is 0 Å². The minimum absolute atomic E-state index is 0.153. The number of ether oxygens (including phenoxy) is 3. The molecule has 0 spiro atoms. The molecule has 5 nitrogen and oxygen atoms in total. The molecule has 0 saturated heterocycles. The Morgan fingerprint density at radius 2 is 1.94 bits per heavy atom. The van der Waals surface area contributed by atoms with Gasteiger partial charge in [-0.05, 0) is 12.1 Å². The van der Waals surface area contributed by atoms with Crippen molar-refractivity contribution in [3.05, 3.63) is 18.2 Å². The summed E-state index contributed by atoms with van der Waals surface area (Å²) in [6, 6.07) is 5.40. The van der Waals surface area contributed by atoms with Gasteiger partial charge in [0, 0.05) is 13.1 Å². The van der Waals surface area contributed by atoms with Crippen molar-refractivity contribution in [3.8, 4) is 11.5 Å². The van der Waals surface area contributed by atoms with Gasteiger partial charge >= 0.3 is 5.97 Å². The summed E-state index contributed by atoms with van der Waals surface area (Å²) < 4.78 is 15.0. The summed E-state index contributed by atoms with van der Waals surface area (Å²) in [5.41, 5.74) is 0.775. The molecule has 0 unspecified atom stereocenters. The van der Waals surface area contributed by atoms with Gasteiger partial charge in [0.2, 0.25) is 0 Å². The molecular weight excluding hydrogens is 222 g/mol. The molecule has 0 bridgehead atoms. The lowest BCUT2D eigenvalue weighted by Gasteiger charge is -2.21. The first-order valence-corrected chi connectivity index (χ1v) is 5.12. The van der Waals surface area contributed by atoms with Crippen LogP contribution in [0.3, 0.4) is 0 Å². The maximum atomic E-state index is 11.2. The smallest absolute Gasteiger partial charge is 0.325 e. The molecular formula is C12H17NO4. The molecule has 0 aliphatic carbocycles. The van der Waals surface area contributed by atoms with Crippen molar-refractivity contribution in [2.75, 3.05) is 39.8 Å². The van der Waals surface area contributed by atoms with E-state index in [9.17, 15) is 4.79 Å². The molecule has 0 heterocycles. The van der Waals surface area contributed by atoms with Crippen molar-refractivity contribution in [3.63, 3.8) is 0 Å². The second-order valence-corrected chi connectivity index (χ2v) is 3.47. The van der Waals surface area contributed by atoms with Gasteiger partial charge in [-0.2, -0.15) is 0 Å². The lowest BCUT2D eigenvalue weighted by molar-refractivity contribution is -0.138. The molecule has 17 heavy (non-hydrogen) atoms. The molecule has 0 radical (unpaired) electrons. The Kier molecular flexibility index (Phi) is 4.63. The van der Waals surface area contributed by atoms with Crippen LogP contribution >= 0.6 is 0 Å². The molecule has 5 heteroatoms. The number of carbonyl (C=O) groups excluding carboxylic acids is 1. The number of nitrogens with zero attached hydrogens (tertiary/aromatic N) is 1. The summed E-state index contributed by atoms with van der Waals surface area (Å²) in [5, 5.41) is 0. The molecule has 94 valence electrons. The quantitative estimate of drug-likeness (QED) is 0.725. The zero-order chi connectivity index (χ0) is 12.8. The monoisotopic (exact) mass is 239 g/mol. The average Bonchev–Trinajstić information content (AvgIpc) is 2.37. The van der Waals surface area contributed by atoms with E-state index in [0.29, 0.717) is 11.5 Å². The molecule has 0 aromatic heterocycles. The van der Waals surface area contributed by atoms with Crippen LogP contribution in [0.5, 0.6) is 11.5 Å². The number of esters is 1. The van der Waals surface area contributed by atoms with Crippen LogP contribution in [-0.4, -0.2) is 40.9 Å². The summed E-state index contributed by atoms with van der Waals surface area (Å²) in [4.78, 5) is 13.0. The number of hydrogen-bond acceptors (Lipinski definition) is 5. The van der Waals surface area contributed by atoms with Crippen molar-refractivity contribution in [1.29, 1.82) is 0 Å². The van der Waals surface area contributed by atoms with Crippen LogP contribution in [0.25, 0.3) is 0 Å². The van der Waals surface area contributed by atoms with Gasteiger partial charge in [0.25, 0.3) is 0 Å². The lowest BCUT2D eigenvalue weighted by atomic mass is 10.2. The van der Waals surface area contributed by atoms with Gasteiger partial charge in [0.1, 0.15) is 18.0 Å². The van der Waals surface area contributed by atoms with E-state index in [1.807, 2.05) is 6.07 Å². The van der Waals surface area contributed by atoms with Crippen LogP contribution in [0.4, 0.5) is 5.69 Å². The van der Waals surface area contributed by atoms with E-state index in [4.69, 9.17) is 9.47 Å². The summed E-state index contributed by atoms with van der Waals surface area (Å²) in [5.74, 6) is 1.08. The maximum Gasteiger partial charge on any atom is 0.325 e. The first kappa shape index (κ1) is 13.2. The van der Waals surface area contributed by atoms with Crippen molar-refractivity contribution < 1.29 is 19.0 Å². The highest BCUT2D eigenvalue weighted by Gasteiger charge is 2.13. The SMILES string of the molecule is COC(=O)CN(C)c1cc(OC)ccc1OC. The standard InChI is InChI=1S/C12H17NO4/c1-13(8-12(14)17-4)10-7-9(15-2)5-6-11(10)16-3/h5-7H,8H2,1-4H3. The van der Waals surface area contributed by atoms with Crippen LogP contribution in [0.1, 0.15) is 0 Å². The van der Waals surface area contributed by atoms with Crippen LogP contribution < -0.4 is 14.4 Å². The number of anilines is 1. The average molecular weight is 239 g/mol. The normalized spacial score (nSPS) is 9.65. The van der Waals surface area contributed by atoms with E-state index in [1.165, 1.54) is 7.11 Å². The summed E-state index contributed by atoms with van der Waals surface area (Å²) in [7, 11) is 6.32. The molecule has 1 aromatic carbocycles. The number of hydrogen-bond donors (Lipinski definition) is 0. The molecule has 0 saturated carbocycles. The van der Waals surface area contributed by atoms with Gasteiger partial charge in [0.05, 0.1) is 27.0 Å². The van der Waals surface area contributed by atoms with Crippen molar-refractivity contribution >= 4 is 11.7 Å². The number of likely N-dealkylation sites (N-methyl/N-ethyl adjacent to an activating group) is 1. The predicted molar refractivity (Wildman–Crippen MR) is 64.8 cm³/mol. The molecule has 0 atom stereocenters. The molecule has 0 N–H and O–H groups in total. The lowest BCUT2D eigenvalue weighted by Crippen LogP contribution is -2.26. The van der Waals surface area contributed by atoms with E-state index in [1.54, 1.807) is 38.3 Å². The van der Waals surface area contributed by atoms with E-state index >= 15 is 0 Å². The van der Waals surface area contributed by atoms with Gasteiger partial charge in [-0.3, -0.25) is 4.79 Å². The Hall–Kier alpha value is -1.91. The van der Waals surface area contributed by atoms with E-state index in [2.05, 4.69) is 4.74 Å². The fraction of sp³-hybridized carbons (Fsp3) is 0.417. The summed E-state index contributed by atoms with van der Waals surface area (Å²) in [6.45, 7) is 0.153. The first-order valence-electron chi connectivity index (χ1n) is 5.12. The zero-order valence-electron chi connectivity index (χ0n) is 10.5. The van der Waals surface area contributed by atoms with Crippen LogP contribution in [0.2, 0.25) is 0 Å². The Labute approximate surface area is 101 Å². The second-order valence-electron chi connectivity index (χ2n) is 3.47. The molecule has 0 aliphatic heterocycles. The Balaban J connectivity index is 2.96. The molecule has 0 amide bonds. The largest absolute Gasteiger partial charge is 0.497 e. The number of methoxy groups -OCH3 is 3. The third-order valence-electron chi connectivity index (χ3n) is 2.39. The molecule has 0 aliphatic rings. The van der Waals surface area contributed by atoms with Gasteiger partial charge in [-0.25, -0.2) is 0 Å². The topological polar surface area (TPSA) is 48.0 Å². The number of carbonyl (C=O) groups is 1. The van der Waals surface area contributed by atoms with E-state index in [0.717, 1.165) is 5.69 Å². The van der Waals surface area contributed by atoms with E-state index < -0.39 is 0 Å². The Bertz CT molecular complexity index is 392. The Morgan fingerprint density at radius 1 is 1.24 bits per heavy atom. The molecule has 1 rings (SSSR count). The van der Waals surface area contributed by atoms with Gasteiger partial charge in [-0.15, -0.1) is 0 Å². The third kappa shape index (κ3) is 3.27. The molecule has 0 fully saturated rings. The minimum Gasteiger partial charge on any atom is -0.497 e.